The van der Waals surface area contributed by atoms with Gasteiger partial charge in [0.05, 0.1) is 29.1 Å². The summed E-state index contributed by atoms with van der Waals surface area (Å²) in [4.78, 5) is 18.6. The zero-order valence-electron chi connectivity index (χ0n) is 21.5. The van der Waals surface area contributed by atoms with Gasteiger partial charge in [-0.15, -0.1) is 0 Å². The Bertz CT molecular complexity index is 1420. The minimum Gasteiger partial charge on any atom is -0.497 e. The first-order chi connectivity index (χ1) is 18.4. The number of nitrogens with zero attached hydrogens (tertiary/aromatic N) is 5. The van der Waals surface area contributed by atoms with E-state index in [1.165, 1.54) is 30.6 Å². The quantitative estimate of drug-likeness (QED) is 0.306. The van der Waals surface area contributed by atoms with Crippen molar-refractivity contribution in [2.75, 3.05) is 62.4 Å². The molecule has 38 heavy (non-hydrogen) atoms. The third-order valence-corrected chi connectivity index (χ3v) is 7.36. The van der Waals surface area contributed by atoms with E-state index in [2.05, 4.69) is 42.4 Å². The van der Waals surface area contributed by atoms with E-state index >= 15 is 0 Å². The lowest BCUT2D eigenvalue weighted by Crippen LogP contribution is -2.44. The van der Waals surface area contributed by atoms with Gasteiger partial charge in [0.2, 0.25) is 5.95 Å². The molecule has 3 heterocycles. The summed E-state index contributed by atoms with van der Waals surface area (Å²) in [5.74, 6) is 0.107. The molecule has 2 aromatic heterocycles. The molecule has 0 saturated carbocycles. The summed E-state index contributed by atoms with van der Waals surface area (Å²) in [6.07, 6.45) is 1.61. The van der Waals surface area contributed by atoms with E-state index in [1.54, 1.807) is 30.5 Å². The van der Waals surface area contributed by atoms with E-state index in [9.17, 15) is 8.78 Å². The van der Waals surface area contributed by atoms with Crippen LogP contribution in [0.15, 0.2) is 48.7 Å². The lowest BCUT2D eigenvalue weighted by Gasteiger charge is -2.34. The third kappa shape index (κ3) is 5.53. The zero-order chi connectivity index (χ0) is 26.6. The standard InChI is InChI=1S/C27H29F2N7OS/c1-4-30-27-34-24(19-16-18(37-3)6-7-20(19)28)25(38-27)22-9-10-31-26(33-22)32-17-5-8-23(21(29)15-17)36-13-11-35(2)12-14-36/h5-10,15-16H,4,11-14H2,1-3H3,(H,30,34)(H,31,32,33). The Labute approximate surface area is 224 Å². The van der Waals surface area contributed by atoms with Crippen LogP contribution in [-0.4, -0.2) is 66.7 Å². The number of nitrogens with one attached hydrogen (secondary N) is 2. The highest BCUT2D eigenvalue weighted by Gasteiger charge is 2.21. The Morgan fingerprint density at radius 2 is 1.82 bits per heavy atom. The van der Waals surface area contributed by atoms with Gasteiger partial charge in [0.25, 0.3) is 0 Å². The van der Waals surface area contributed by atoms with Crippen LogP contribution in [0.2, 0.25) is 0 Å². The summed E-state index contributed by atoms with van der Waals surface area (Å²) in [7, 11) is 3.60. The predicted molar refractivity (Wildman–Crippen MR) is 149 cm³/mol. The van der Waals surface area contributed by atoms with Crippen molar-refractivity contribution in [3.63, 3.8) is 0 Å². The summed E-state index contributed by atoms with van der Waals surface area (Å²) >= 11 is 1.37. The minimum atomic E-state index is -0.413. The molecule has 2 N–H and O–H groups in total. The Hall–Kier alpha value is -3.83. The Kier molecular flexibility index (Phi) is 7.66. The lowest BCUT2D eigenvalue weighted by atomic mass is 10.1. The van der Waals surface area contributed by atoms with Crippen molar-refractivity contribution in [3.05, 3.63) is 60.3 Å². The molecule has 11 heteroatoms. The summed E-state index contributed by atoms with van der Waals surface area (Å²) in [6, 6.07) is 11.3. The fraction of sp³-hybridized carbons (Fsp3) is 0.296. The minimum absolute atomic E-state index is 0.296. The second kappa shape index (κ2) is 11.3. The SMILES string of the molecule is CCNc1nc(-c2cc(OC)ccc2F)c(-c2ccnc(Nc3ccc(N4CCN(C)CC4)c(F)c3)n2)s1. The number of piperazine rings is 1. The molecule has 1 aliphatic rings. The van der Waals surface area contributed by atoms with Crippen LogP contribution in [0.4, 0.5) is 31.2 Å². The van der Waals surface area contributed by atoms with Gasteiger partial charge in [-0.1, -0.05) is 11.3 Å². The van der Waals surface area contributed by atoms with Gasteiger partial charge >= 0.3 is 0 Å². The van der Waals surface area contributed by atoms with E-state index in [4.69, 9.17) is 4.74 Å². The van der Waals surface area contributed by atoms with Gasteiger partial charge in [0, 0.05) is 50.2 Å². The summed E-state index contributed by atoms with van der Waals surface area (Å²) in [5.41, 5.74) is 2.46. The fourth-order valence-electron chi connectivity index (χ4n) is 4.28. The van der Waals surface area contributed by atoms with Crippen LogP contribution >= 0.6 is 11.3 Å². The second-order valence-electron chi connectivity index (χ2n) is 8.92. The van der Waals surface area contributed by atoms with E-state index in [-0.39, 0.29) is 5.82 Å². The van der Waals surface area contributed by atoms with Crippen LogP contribution in [-0.2, 0) is 0 Å². The van der Waals surface area contributed by atoms with Crippen molar-refractivity contribution >= 4 is 33.8 Å². The van der Waals surface area contributed by atoms with Crippen molar-refractivity contribution in [2.24, 2.45) is 0 Å². The summed E-state index contributed by atoms with van der Waals surface area (Å²) in [5, 5.41) is 6.94. The number of thiazole rings is 1. The maximum atomic E-state index is 15.0. The number of ether oxygens (including phenoxy) is 1. The van der Waals surface area contributed by atoms with Gasteiger partial charge in [-0.25, -0.2) is 23.7 Å². The van der Waals surface area contributed by atoms with Crippen molar-refractivity contribution in [3.8, 4) is 27.6 Å². The van der Waals surface area contributed by atoms with Crippen LogP contribution < -0.4 is 20.3 Å². The van der Waals surface area contributed by atoms with Crippen LogP contribution in [0.25, 0.3) is 21.8 Å². The molecule has 1 fully saturated rings. The maximum Gasteiger partial charge on any atom is 0.227 e. The molecule has 0 aliphatic carbocycles. The Morgan fingerprint density at radius 3 is 2.55 bits per heavy atom. The maximum absolute atomic E-state index is 15.0. The van der Waals surface area contributed by atoms with Crippen molar-refractivity contribution < 1.29 is 13.5 Å². The molecule has 1 saturated heterocycles. The number of hydrogen-bond donors (Lipinski definition) is 2. The van der Waals surface area contributed by atoms with Gasteiger partial charge in [0.15, 0.2) is 5.13 Å². The molecular weight excluding hydrogens is 508 g/mol. The summed E-state index contributed by atoms with van der Waals surface area (Å²) < 4.78 is 35.2. The van der Waals surface area contributed by atoms with Gasteiger partial charge in [-0.3, -0.25) is 0 Å². The topological polar surface area (TPSA) is 78.4 Å². The van der Waals surface area contributed by atoms with E-state index in [1.807, 2.05) is 13.0 Å². The number of anilines is 4. The first-order valence-electron chi connectivity index (χ1n) is 12.4. The highest BCUT2D eigenvalue weighted by atomic mass is 32.1. The van der Waals surface area contributed by atoms with Crippen LogP contribution in [0.5, 0.6) is 5.75 Å². The summed E-state index contributed by atoms with van der Waals surface area (Å²) in [6.45, 7) is 5.99. The average molecular weight is 538 g/mol. The van der Waals surface area contributed by atoms with Crippen molar-refractivity contribution in [1.29, 1.82) is 0 Å². The van der Waals surface area contributed by atoms with E-state index in [0.29, 0.717) is 56.6 Å². The molecular formula is C27H29F2N7OS. The number of likely N-dealkylation sites (N-methyl/N-ethyl adjacent to an activating group) is 1. The van der Waals surface area contributed by atoms with Gasteiger partial charge in [0.1, 0.15) is 17.4 Å². The van der Waals surface area contributed by atoms with Crippen LogP contribution in [0.3, 0.4) is 0 Å². The molecule has 0 bridgehead atoms. The molecule has 0 atom stereocenters. The molecule has 198 valence electrons. The molecule has 2 aromatic carbocycles. The van der Waals surface area contributed by atoms with E-state index in [0.717, 1.165) is 26.2 Å². The molecule has 4 aromatic rings. The monoisotopic (exact) mass is 537 g/mol. The van der Waals surface area contributed by atoms with E-state index < -0.39 is 5.82 Å². The van der Waals surface area contributed by atoms with Crippen molar-refractivity contribution in [1.82, 2.24) is 19.9 Å². The highest BCUT2D eigenvalue weighted by Crippen LogP contribution is 2.40. The number of benzene rings is 2. The van der Waals surface area contributed by atoms with Crippen LogP contribution in [0, 0.1) is 11.6 Å². The normalized spacial score (nSPS) is 14.0. The first kappa shape index (κ1) is 25.8. The lowest BCUT2D eigenvalue weighted by molar-refractivity contribution is 0.311. The number of methoxy groups -OCH3 is 1. The fourth-order valence-corrected chi connectivity index (χ4v) is 5.30. The molecule has 8 nitrogen and oxygen atoms in total. The first-order valence-corrected chi connectivity index (χ1v) is 13.2. The Morgan fingerprint density at radius 1 is 1.00 bits per heavy atom. The van der Waals surface area contributed by atoms with Gasteiger partial charge < -0.3 is 25.2 Å². The number of hydrogen-bond acceptors (Lipinski definition) is 9. The molecule has 0 radical (unpaired) electrons. The van der Waals surface area contributed by atoms with Crippen LogP contribution in [0.1, 0.15) is 6.92 Å². The molecule has 5 rings (SSSR count). The average Bonchev–Trinajstić information content (AvgIpc) is 3.34. The third-order valence-electron chi connectivity index (χ3n) is 6.32. The van der Waals surface area contributed by atoms with Gasteiger partial charge in [-0.2, -0.15) is 0 Å². The van der Waals surface area contributed by atoms with Crippen molar-refractivity contribution in [2.45, 2.75) is 6.92 Å². The smallest absolute Gasteiger partial charge is 0.227 e. The number of rotatable bonds is 8. The second-order valence-corrected chi connectivity index (χ2v) is 9.92. The predicted octanol–water partition coefficient (Wildman–Crippen LogP) is 5.48. The molecule has 0 spiro atoms. The zero-order valence-corrected chi connectivity index (χ0v) is 22.3. The Balaban J connectivity index is 1.44. The molecule has 0 unspecified atom stereocenters. The highest BCUT2D eigenvalue weighted by molar-refractivity contribution is 7.19. The van der Waals surface area contributed by atoms with Gasteiger partial charge in [-0.05, 0) is 56.4 Å². The number of halogens is 2. The molecule has 0 amide bonds. The largest absolute Gasteiger partial charge is 0.497 e. The number of aromatic nitrogens is 3. The molecule has 1 aliphatic heterocycles.